The Balaban J connectivity index is 1.68. The molecular formula is C21H25F2N3O4S. The monoisotopic (exact) mass is 453 g/mol. The Labute approximate surface area is 180 Å². The second-order valence-electron chi connectivity index (χ2n) is 7.22. The third kappa shape index (κ3) is 5.92. The van der Waals surface area contributed by atoms with Gasteiger partial charge >= 0.3 is 6.61 Å². The minimum Gasteiger partial charge on any atom is -0.433 e. The molecule has 0 aliphatic carbocycles. The molecule has 10 heteroatoms. The fourth-order valence-corrected chi connectivity index (χ4v) is 4.89. The van der Waals surface area contributed by atoms with Crippen LogP contribution in [0.2, 0.25) is 0 Å². The van der Waals surface area contributed by atoms with Crippen molar-refractivity contribution in [3.63, 3.8) is 0 Å². The Morgan fingerprint density at radius 3 is 2.52 bits per heavy atom. The highest BCUT2D eigenvalue weighted by molar-refractivity contribution is 7.89. The first-order valence-electron chi connectivity index (χ1n) is 9.96. The van der Waals surface area contributed by atoms with E-state index in [1.54, 1.807) is 25.1 Å². The highest BCUT2D eigenvalue weighted by Crippen LogP contribution is 2.27. The summed E-state index contributed by atoms with van der Waals surface area (Å²) in [4.78, 5) is 12.5. The zero-order valence-corrected chi connectivity index (χ0v) is 17.9. The van der Waals surface area contributed by atoms with E-state index in [4.69, 9.17) is 0 Å². The Morgan fingerprint density at radius 2 is 1.81 bits per heavy atom. The van der Waals surface area contributed by atoms with Crippen LogP contribution < -0.4 is 15.4 Å². The Bertz CT molecular complexity index is 1030. The Morgan fingerprint density at radius 1 is 1.10 bits per heavy atom. The number of sulfonamides is 1. The number of hydrogen-bond donors (Lipinski definition) is 2. The number of ether oxygens (including phenoxy) is 1. The highest BCUT2D eigenvalue weighted by atomic mass is 32.2. The van der Waals surface area contributed by atoms with Crippen molar-refractivity contribution in [3.05, 3.63) is 48.0 Å². The van der Waals surface area contributed by atoms with Gasteiger partial charge in [-0.05, 0) is 49.6 Å². The molecule has 0 bridgehead atoms. The van der Waals surface area contributed by atoms with Crippen LogP contribution in [0.5, 0.6) is 5.75 Å². The molecule has 1 amide bonds. The molecule has 1 aliphatic heterocycles. The van der Waals surface area contributed by atoms with Gasteiger partial charge in [-0.25, -0.2) is 8.42 Å². The van der Waals surface area contributed by atoms with Gasteiger partial charge in [0.05, 0.1) is 17.1 Å². The van der Waals surface area contributed by atoms with E-state index in [1.165, 1.54) is 28.6 Å². The number of anilines is 2. The van der Waals surface area contributed by atoms with Gasteiger partial charge in [0, 0.05) is 18.8 Å². The summed E-state index contributed by atoms with van der Waals surface area (Å²) in [5.41, 5.74) is 1.39. The maximum atomic E-state index is 12.9. The number of nitrogens with zero attached hydrogens (tertiary/aromatic N) is 1. The average molecular weight is 454 g/mol. The van der Waals surface area contributed by atoms with E-state index in [9.17, 15) is 22.0 Å². The summed E-state index contributed by atoms with van der Waals surface area (Å²) >= 11 is 0. The largest absolute Gasteiger partial charge is 0.433 e. The number of nitrogens with one attached hydrogen (secondary N) is 2. The smallest absolute Gasteiger partial charge is 0.387 e. The third-order valence-electron chi connectivity index (χ3n) is 4.98. The molecule has 2 aromatic rings. The fourth-order valence-electron chi connectivity index (χ4n) is 3.34. The van der Waals surface area contributed by atoms with Crippen molar-refractivity contribution in [1.82, 2.24) is 4.31 Å². The van der Waals surface area contributed by atoms with Crippen LogP contribution in [-0.4, -0.2) is 44.9 Å². The molecular weight excluding hydrogens is 428 g/mol. The van der Waals surface area contributed by atoms with Crippen LogP contribution >= 0.6 is 0 Å². The van der Waals surface area contributed by atoms with E-state index in [2.05, 4.69) is 15.4 Å². The molecule has 0 spiro atoms. The van der Waals surface area contributed by atoms with E-state index in [0.717, 1.165) is 24.8 Å². The van der Waals surface area contributed by atoms with Crippen molar-refractivity contribution in [1.29, 1.82) is 0 Å². The van der Waals surface area contributed by atoms with Gasteiger partial charge < -0.3 is 15.4 Å². The molecule has 2 aromatic carbocycles. The summed E-state index contributed by atoms with van der Waals surface area (Å²) in [6, 6.07) is 10.6. The molecule has 1 heterocycles. The average Bonchev–Trinajstić information content (AvgIpc) is 2.74. The minimum absolute atomic E-state index is 0.118. The molecule has 1 fully saturated rings. The predicted octanol–water partition coefficient (Wildman–Crippen LogP) is 3.82. The van der Waals surface area contributed by atoms with E-state index < -0.39 is 22.5 Å². The lowest BCUT2D eigenvalue weighted by Crippen LogP contribution is -2.35. The fraction of sp³-hybridized carbons (Fsp3) is 0.381. The molecule has 0 saturated carbocycles. The second-order valence-corrected chi connectivity index (χ2v) is 9.16. The highest BCUT2D eigenvalue weighted by Gasteiger charge is 2.26. The van der Waals surface area contributed by atoms with Crippen LogP contribution in [0, 0.1) is 6.92 Å². The molecule has 0 aromatic heterocycles. The SMILES string of the molecule is Cc1ccc(S(=O)(=O)N2CCCCC2)cc1NCC(=O)Nc1ccccc1OC(F)F. The van der Waals surface area contributed by atoms with Gasteiger partial charge in [-0.2, -0.15) is 13.1 Å². The van der Waals surface area contributed by atoms with E-state index >= 15 is 0 Å². The number of aryl methyl sites for hydroxylation is 1. The molecule has 7 nitrogen and oxygen atoms in total. The summed E-state index contributed by atoms with van der Waals surface area (Å²) in [7, 11) is -3.60. The van der Waals surface area contributed by atoms with Crippen LogP contribution in [0.1, 0.15) is 24.8 Å². The first-order valence-corrected chi connectivity index (χ1v) is 11.4. The number of carbonyl (C=O) groups excluding carboxylic acids is 1. The standard InChI is InChI=1S/C21H25F2N3O4S/c1-15-9-10-16(31(28,29)26-11-5-2-6-12-26)13-18(15)24-14-20(27)25-17-7-3-4-8-19(17)30-21(22)23/h3-4,7-10,13,21,24H,2,5-6,11-12,14H2,1H3,(H,25,27). The lowest BCUT2D eigenvalue weighted by Gasteiger charge is -2.26. The van der Waals surface area contributed by atoms with Crippen LogP contribution in [0.25, 0.3) is 0 Å². The minimum atomic E-state index is -3.60. The molecule has 168 valence electrons. The summed E-state index contributed by atoms with van der Waals surface area (Å²) < 4.78 is 56.7. The number of amides is 1. The van der Waals surface area contributed by atoms with Crippen molar-refractivity contribution < 1.29 is 26.7 Å². The number of alkyl halides is 2. The van der Waals surface area contributed by atoms with Crippen LogP contribution in [0.3, 0.4) is 0 Å². The molecule has 31 heavy (non-hydrogen) atoms. The van der Waals surface area contributed by atoms with Crippen molar-refractivity contribution >= 4 is 27.3 Å². The number of benzene rings is 2. The first-order chi connectivity index (χ1) is 14.8. The maximum absolute atomic E-state index is 12.9. The predicted molar refractivity (Wildman–Crippen MR) is 114 cm³/mol. The van der Waals surface area contributed by atoms with Crippen molar-refractivity contribution in [2.24, 2.45) is 0 Å². The number of piperidine rings is 1. The lowest BCUT2D eigenvalue weighted by atomic mass is 10.2. The summed E-state index contributed by atoms with van der Waals surface area (Å²) in [5.74, 6) is -0.634. The maximum Gasteiger partial charge on any atom is 0.387 e. The summed E-state index contributed by atoms with van der Waals surface area (Å²) in [6.07, 6.45) is 2.70. The van der Waals surface area contributed by atoms with Gasteiger partial charge in [0.25, 0.3) is 0 Å². The topological polar surface area (TPSA) is 87.7 Å². The van der Waals surface area contributed by atoms with E-state index in [-0.39, 0.29) is 22.9 Å². The molecule has 2 N–H and O–H groups in total. The molecule has 1 aliphatic rings. The van der Waals surface area contributed by atoms with Gasteiger partial charge in [-0.1, -0.05) is 24.6 Å². The number of rotatable bonds is 8. The molecule has 0 radical (unpaired) electrons. The number of para-hydroxylation sites is 2. The Hall–Kier alpha value is -2.72. The Kier molecular flexibility index (Phi) is 7.45. The third-order valence-corrected chi connectivity index (χ3v) is 6.87. The quantitative estimate of drug-likeness (QED) is 0.635. The lowest BCUT2D eigenvalue weighted by molar-refractivity contribution is -0.114. The van der Waals surface area contributed by atoms with E-state index in [1.807, 2.05) is 0 Å². The normalized spacial score (nSPS) is 15.0. The van der Waals surface area contributed by atoms with Crippen molar-refractivity contribution in [2.45, 2.75) is 37.7 Å². The molecule has 0 atom stereocenters. The number of carbonyl (C=O) groups is 1. The second kappa shape index (κ2) is 10.1. The summed E-state index contributed by atoms with van der Waals surface area (Å²) in [6.45, 7) is -0.396. The zero-order valence-electron chi connectivity index (χ0n) is 17.1. The van der Waals surface area contributed by atoms with Crippen LogP contribution in [0.4, 0.5) is 20.2 Å². The van der Waals surface area contributed by atoms with Gasteiger partial charge in [0.15, 0.2) is 0 Å². The first kappa shape index (κ1) is 23.0. The number of halogens is 2. The van der Waals surface area contributed by atoms with Gasteiger partial charge in [-0.15, -0.1) is 0 Å². The molecule has 0 unspecified atom stereocenters. The van der Waals surface area contributed by atoms with Crippen LogP contribution in [-0.2, 0) is 14.8 Å². The van der Waals surface area contributed by atoms with E-state index in [0.29, 0.717) is 18.8 Å². The zero-order chi connectivity index (χ0) is 22.4. The van der Waals surface area contributed by atoms with Crippen LogP contribution in [0.15, 0.2) is 47.4 Å². The van der Waals surface area contributed by atoms with Crippen molar-refractivity contribution in [3.8, 4) is 5.75 Å². The van der Waals surface area contributed by atoms with Gasteiger partial charge in [0.1, 0.15) is 5.75 Å². The van der Waals surface area contributed by atoms with Crippen molar-refractivity contribution in [2.75, 3.05) is 30.3 Å². The molecule has 3 rings (SSSR count). The summed E-state index contributed by atoms with van der Waals surface area (Å²) in [5, 5.41) is 5.44. The van der Waals surface area contributed by atoms with Gasteiger partial charge in [0.2, 0.25) is 15.9 Å². The van der Waals surface area contributed by atoms with Gasteiger partial charge in [-0.3, -0.25) is 4.79 Å². The number of hydrogen-bond acceptors (Lipinski definition) is 5. The molecule has 1 saturated heterocycles.